The molecule has 1 amide bonds. The quantitative estimate of drug-likeness (QED) is 0.622. The Morgan fingerprint density at radius 3 is 2.50 bits per heavy atom. The molecule has 3 nitrogen and oxygen atoms in total. The molecular formula is C6H13CrN2O. The average molecular weight is 181 g/mol. The molecular weight excluding hydrogens is 168 g/mol. The number of nitrogens with one attached hydrogen (secondary N) is 1. The first kappa shape index (κ1) is 9.96. The second kappa shape index (κ2) is 4.73. The fourth-order valence-corrected chi connectivity index (χ4v) is 0.714. The third-order valence-electron chi connectivity index (χ3n) is 1.27. The van der Waals surface area contributed by atoms with E-state index >= 15 is 0 Å². The van der Waals surface area contributed by atoms with Crippen LogP contribution < -0.4 is 11.1 Å². The molecule has 0 heterocycles. The van der Waals surface area contributed by atoms with Crippen molar-refractivity contribution in [3.63, 3.8) is 0 Å². The molecule has 0 aliphatic carbocycles. The van der Waals surface area contributed by atoms with Gasteiger partial charge in [0.2, 0.25) is 0 Å². The van der Waals surface area contributed by atoms with Gasteiger partial charge in [-0.05, 0) is 0 Å². The third kappa shape index (κ3) is 3.21. The molecule has 4 heteroatoms. The first-order valence-corrected chi connectivity index (χ1v) is 4.11. The molecule has 0 radical (unpaired) electrons. The summed E-state index contributed by atoms with van der Waals surface area (Å²) in [6, 6.07) is -0.381. The Kier molecular flexibility index (Phi) is 4.71. The van der Waals surface area contributed by atoms with Crippen LogP contribution in [-0.2, 0) is 21.1 Å². The molecule has 0 saturated carbocycles. The monoisotopic (exact) mass is 181 g/mol. The molecule has 0 aliphatic rings. The summed E-state index contributed by atoms with van der Waals surface area (Å²) < 4.78 is 0. The minimum absolute atomic E-state index is 0.0891. The Bertz CT molecular complexity index is 116. The van der Waals surface area contributed by atoms with Crippen LogP contribution in [-0.4, -0.2) is 17.4 Å². The van der Waals surface area contributed by atoms with E-state index in [0.717, 1.165) is 0 Å². The summed E-state index contributed by atoms with van der Waals surface area (Å²) in [4.78, 5) is 10.9. The summed E-state index contributed by atoms with van der Waals surface area (Å²) in [6.45, 7) is 3.84. The molecule has 0 rings (SSSR count). The van der Waals surface area contributed by atoms with Crippen molar-refractivity contribution >= 4 is 5.91 Å². The van der Waals surface area contributed by atoms with Crippen LogP contribution in [0.25, 0.3) is 0 Å². The number of hydrogen-bond donors (Lipinski definition) is 2. The number of rotatable bonds is 3. The predicted molar refractivity (Wildman–Crippen MR) is 35.8 cm³/mol. The van der Waals surface area contributed by atoms with Gasteiger partial charge >= 0.3 is 69.3 Å². The van der Waals surface area contributed by atoms with E-state index in [1.165, 1.54) is 0 Å². The average Bonchev–Trinajstić information content (AvgIpc) is 1.87. The van der Waals surface area contributed by atoms with Gasteiger partial charge in [0.1, 0.15) is 0 Å². The van der Waals surface area contributed by atoms with Gasteiger partial charge in [0.05, 0.1) is 0 Å². The van der Waals surface area contributed by atoms with Crippen LogP contribution in [0.4, 0.5) is 0 Å². The maximum absolute atomic E-state index is 10.9. The summed E-state index contributed by atoms with van der Waals surface area (Å²) >= 11 is 2.68. The van der Waals surface area contributed by atoms with Gasteiger partial charge in [-0.1, -0.05) is 0 Å². The zero-order chi connectivity index (χ0) is 8.15. The first-order chi connectivity index (χ1) is 4.59. The van der Waals surface area contributed by atoms with E-state index in [-0.39, 0.29) is 17.9 Å². The number of carbonyl (C=O) groups excluding carboxylic acids is 1. The van der Waals surface area contributed by atoms with Crippen LogP contribution in [0, 0.1) is 5.92 Å². The van der Waals surface area contributed by atoms with Gasteiger partial charge in [0.25, 0.3) is 0 Å². The van der Waals surface area contributed by atoms with Crippen molar-refractivity contribution in [2.45, 2.75) is 19.9 Å². The van der Waals surface area contributed by atoms with Gasteiger partial charge < -0.3 is 0 Å². The molecule has 10 heavy (non-hydrogen) atoms. The number of carbonyl (C=O) groups is 1. The second-order valence-electron chi connectivity index (χ2n) is 2.46. The van der Waals surface area contributed by atoms with Crippen LogP contribution in [0.15, 0.2) is 0 Å². The van der Waals surface area contributed by atoms with E-state index in [1.54, 1.807) is 0 Å². The van der Waals surface area contributed by atoms with Crippen molar-refractivity contribution in [1.29, 1.82) is 0 Å². The van der Waals surface area contributed by atoms with E-state index in [9.17, 15) is 4.79 Å². The van der Waals surface area contributed by atoms with Crippen molar-refractivity contribution < 1.29 is 21.1 Å². The molecule has 0 bridgehead atoms. The molecule has 0 aromatic heterocycles. The van der Waals surface area contributed by atoms with Gasteiger partial charge in [-0.25, -0.2) is 0 Å². The second-order valence-corrected chi connectivity index (χ2v) is 2.91. The van der Waals surface area contributed by atoms with E-state index in [2.05, 4.69) is 21.6 Å². The topological polar surface area (TPSA) is 55.1 Å². The summed E-state index contributed by atoms with van der Waals surface area (Å²) in [5, 5.41) is 3.13. The first-order valence-electron chi connectivity index (χ1n) is 3.21. The number of nitrogens with two attached hydrogens (primary N) is 1. The Hall–Kier alpha value is -0.0375. The van der Waals surface area contributed by atoms with E-state index < -0.39 is 0 Å². The molecule has 3 N–H and O–H groups in total. The van der Waals surface area contributed by atoms with Crippen LogP contribution in [0.3, 0.4) is 0 Å². The standard InChI is InChI=1S/C6H13N2O.Cr/c1-4(2)5(7)6(9)8-3;/h4-5H,3,7H2,1-2H3,(H,8,9);. The fraction of sp³-hybridized carbons (Fsp3) is 0.833. The zero-order valence-electron chi connectivity index (χ0n) is 6.26. The van der Waals surface area contributed by atoms with Gasteiger partial charge in [-0.3, -0.25) is 0 Å². The van der Waals surface area contributed by atoms with Crippen LogP contribution in [0.1, 0.15) is 13.8 Å². The summed E-state index contributed by atoms with van der Waals surface area (Å²) in [7, 11) is 0. The predicted octanol–water partition coefficient (Wildman–Crippen LogP) is -0.410. The minimum atomic E-state index is -0.381. The molecule has 0 aliphatic heterocycles. The maximum atomic E-state index is 10.9. The van der Waals surface area contributed by atoms with Gasteiger partial charge in [0, 0.05) is 0 Å². The molecule has 1 atom stereocenters. The Labute approximate surface area is 69.8 Å². The molecule has 59 valence electrons. The molecule has 1 unspecified atom stereocenters. The SMILES string of the molecule is CC(C)C(N)C(=O)N[CH2][Cr]. The van der Waals surface area contributed by atoms with E-state index in [4.69, 9.17) is 5.73 Å². The molecule has 0 fully saturated rings. The fourth-order valence-electron chi connectivity index (χ4n) is 0.492. The molecule has 0 spiro atoms. The third-order valence-corrected chi connectivity index (χ3v) is 1.49. The summed E-state index contributed by atoms with van der Waals surface area (Å²) in [5.74, 6) is 0.111. The van der Waals surface area contributed by atoms with Gasteiger partial charge in [-0.15, -0.1) is 0 Å². The van der Waals surface area contributed by atoms with E-state index in [0.29, 0.717) is 5.41 Å². The summed E-state index contributed by atoms with van der Waals surface area (Å²) in [5.41, 5.74) is 5.52. The Balaban J connectivity index is 3.71. The van der Waals surface area contributed by atoms with Gasteiger partial charge in [0.15, 0.2) is 0 Å². The van der Waals surface area contributed by atoms with Crippen molar-refractivity contribution in [1.82, 2.24) is 5.32 Å². The normalized spacial score (nSPS) is 13.2. The number of amides is 1. The molecule has 0 aromatic rings. The summed E-state index contributed by atoms with van der Waals surface area (Å²) in [6.07, 6.45) is 0. The Morgan fingerprint density at radius 2 is 2.20 bits per heavy atom. The van der Waals surface area contributed by atoms with Crippen molar-refractivity contribution in [2.24, 2.45) is 11.7 Å². The van der Waals surface area contributed by atoms with Crippen LogP contribution in [0.5, 0.6) is 0 Å². The van der Waals surface area contributed by atoms with Crippen LogP contribution in [0.2, 0.25) is 0 Å². The number of hydrogen-bond acceptors (Lipinski definition) is 2. The van der Waals surface area contributed by atoms with Crippen LogP contribution >= 0.6 is 0 Å². The Morgan fingerprint density at radius 1 is 1.70 bits per heavy atom. The van der Waals surface area contributed by atoms with Crippen molar-refractivity contribution in [3.05, 3.63) is 0 Å². The molecule has 0 saturated heterocycles. The van der Waals surface area contributed by atoms with Gasteiger partial charge in [-0.2, -0.15) is 0 Å². The van der Waals surface area contributed by atoms with E-state index in [1.807, 2.05) is 13.8 Å². The van der Waals surface area contributed by atoms with Crippen molar-refractivity contribution in [3.8, 4) is 0 Å². The van der Waals surface area contributed by atoms with Crippen molar-refractivity contribution in [2.75, 3.05) is 5.41 Å². The zero-order valence-corrected chi connectivity index (χ0v) is 7.53. The molecule has 0 aromatic carbocycles.